The monoisotopic (exact) mass is 303 g/mol. The summed E-state index contributed by atoms with van der Waals surface area (Å²) >= 11 is 0. The SMILES string of the molecule is O=C(O)Cc1cn2nc(-c3ccccc3)c3ccccc3c2n1. The van der Waals surface area contributed by atoms with E-state index in [0.29, 0.717) is 11.3 Å². The normalized spacial score (nSPS) is 11.1. The molecule has 4 aromatic rings. The number of nitrogens with zero attached hydrogens (tertiary/aromatic N) is 3. The predicted octanol–water partition coefficient (Wildman–Crippen LogP) is 3.18. The van der Waals surface area contributed by atoms with Crippen LogP contribution in [0.4, 0.5) is 0 Å². The van der Waals surface area contributed by atoms with Gasteiger partial charge in [0.05, 0.1) is 24.0 Å². The Labute approximate surface area is 131 Å². The largest absolute Gasteiger partial charge is 0.481 e. The van der Waals surface area contributed by atoms with Gasteiger partial charge in [0.15, 0.2) is 5.65 Å². The number of carboxylic acids is 1. The van der Waals surface area contributed by atoms with Crippen molar-refractivity contribution >= 4 is 22.4 Å². The van der Waals surface area contributed by atoms with Crippen LogP contribution in [0.15, 0.2) is 60.8 Å². The second-order valence-electron chi connectivity index (χ2n) is 5.33. The molecule has 4 rings (SSSR count). The third kappa shape index (κ3) is 2.32. The molecule has 5 heteroatoms. The average molecular weight is 303 g/mol. The van der Waals surface area contributed by atoms with E-state index >= 15 is 0 Å². The zero-order chi connectivity index (χ0) is 15.8. The van der Waals surface area contributed by atoms with Crippen molar-refractivity contribution in [2.24, 2.45) is 0 Å². The summed E-state index contributed by atoms with van der Waals surface area (Å²) in [5, 5.41) is 15.6. The van der Waals surface area contributed by atoms with Gasteiger partial charge in [-0.3, -0.25) is 4.79 Å². The van der Waals surface area contributed by atoms with E-state index in [4.69, 9.17) is 5.11 Å². The van der Waals surface area contributed by atoms with E-state index in [1.165, 1.54) is 0 Å². The van der Waals surface area contributed by atoms with Gasteiger partial charge in [-0.2, -0.15) is 5.10 Å². The molecule has 0 spiro atoms. The number of benzene rings is 2. The van der Waals surface area contributed by atoms with Crippen LogP contribution in [0, 0.1) is 0 Å². The van der Waals surface area contributed by atoms with Gasteiger partial charge in [-0.15, -0.1) is 0 Å². The summed E-state index contributed by atoms with van der Waals surface area (Å²) in [5.41, 5.74) is 3.05. The van der Waals surface area contributed by atoms with E-state index < -0.39 is 5.97 Å². The maximum atomic E-state index is 10.9. The van der Waals surface area contributed by atoms with Crippen molar-refractivity contribution in [1.82, 2.24) is 14.6 Å². The number of hydrogen-bond acceptors (Lipinski definition) is 3. The van der Waals surface area contributed by atoms with Gasteiger partial charge >= 0.3 is 5.97 Å². The van der Waals surface area contributed by atoms with E-state index in [-0.39, 0.29) is 6.42 Å². The van der Waals surface area contributed by atoms with Crippen LogP contribution in [0.25, 0.3) is 27.7 Å². The lowest BCUT2D eigenvalue weighted by Crippen LogP contribution is -1.99. The number of aromatic nitrogens is 3. The first-order chi connectivity index (χ1) is 11.2. The van der Waals surface area contributed by atoms with E-state index in [1.54, 1.807) is 10.7 Å². The molecular weight excluding hydrogens is 290 g/mol. The van der Waals surface area contributed by atoms with Crippen molar-refractivity contribution < 1.29 is 9.90 Å². The highest BCUT2D eigenvalue weighted by Gasteiger charge is 2.13. The van der Waals surface area contributed by atoms with Crippen LogP contribution >= 0.6 is 0 Å². The van der Waals surface area contributed by atoms with Gasteiger partial charge in [-0.25, -0.2) is 9.50 Å². The minimum Gasteiger partial charge on any atom is -0.481 e. The summed E-state index contributed by atoms with van der Waals surface area (Å²) in [7, 11) is 0. The van der Waals surface area contributed by atoms with Gasteiger partial charge in [0.25, 0.3) is 0 Å². The zero-order valence-electron chi connectivity index (χ0n) is 12.2. The highest BCUT2D eigenvalue weighted by molar-refractivity contribution is 6.01. The Morgan fingerprint density at radius 2 is 1.70 bits per heavy atom. The molecule has 0 unspecified atom stereocenters. The van der Waals surface area contributed by atoms with E-state index in [2.05, 4.69) is 10.1 Å². The smallest absolute Gasteiger partial charge is 0.309 e. The molecule has 5 nitrogen and oxygen atoms in total. The fourth-order valence-electron chi connectivity index (χ4n) is 2.77. The molecule has 0 aliphatic carbocycles. The molecule has 0 saturated heterocycles. The van der Waals surface area contributed by atoms with Crippen LogP contribution in [-0.4, -0.2) is 25.7 Å². The number of aliphatic carboxylic acids is 1. The Morgan fingerprint density at radius 3 is 2.43 bits per heavy atom. The fourth-order valence-corrected chi connectivity index (χ4v) is 2.77. The third-order valence-corrected chi connectivity index (χ3v) is 3.75. The molecule has 0 radical (unpaired) electrons. The number of fused-ring (bicyclic) bond motifs is 3. The maximum Gasteiger partial charge on any atom is 0.309 e. The second kappa shape index (κ2) is 5.21. The molecule has 0 fully saturated rings. The summed E-state index contributed by atoms with van der Waals surface area (Å²) in [6.07, 6.45) is 1.57. The molecule has 0 aliphatic heterocycles. The standard InChI is InChI=1S/C18H13N3O2/c22-16(23)10-13-11-21-18(19-13)15-9-5-4-8-14(15)17(20-21)12-6-2-1-3-7-12/h1-9,11H,10H2,(H,22,23). The summed E-state index contributed by atoms with van der Waals surface area (Å²) < 4.78 is 1.67. The molecule has 0 bridgehead atoms. The van der Waals surface area contributed by atoms with Gasteiger partial charge in [-0.05, 0) is 0 Å². The molecule has 2 aromatic carbocycles. The molecule has 2 aromatic heterocycles. The highest BCUT2D eigenvalue weighted by Crippen LogP contribution is 2.28. The van der Waals surface area contributed by atoms with Crippen LogP contribution < -0.4 is 0 Å². The summed E-state index contributed by atoms with van der Waals surface area (Å²) in [6.45, 7) is 0. The first-order valence-electron chi connectivity index (χ1n) is 7.26. The third-order valence-electron chi connectivity index (χ3n) is 3.75. The zero-order valence-corrected chi connectivity index (χ0v) is 12.2. The van der Waals surface area contributed by atoms with Gasteiger partial charge < -0.3 is 5.11 Å². The van der Waals surface area contributed by atoms with Crippen molar-refractivity contribution in [1.29, 1.82) is 0 Å². The van der Waals surface area contributed by atoms with Crippen molar-refractivity contribution in [3.63, 3.8) is 0 Å². The van der Waals surface area contributed by atoms with Gasteiger partial charge in [0.2, 0.25) is 0 Å². The van der Waals surface area contributed by atoms with Crippen LogP contribution in [0.3, 0.4) is 0 Å². The molecule has 0 atom stereocenters. The molecule has 23 heavy (non-hydrogen) atoms. The molecule has 0 amide bonds. The Bertz CT molecular complexity index is 1020. The average Bonchev–Trinajstić information content (AvgIpc) is 2.96. The highest BCUT2D eigenvalue weighted by atomic mass is 16.4. The number of carbonyl (C=O) groups is 1. The lowest BCUT2D eigenvalue weighted by atomic mass is 10.1. The number of carboxylic acid groups (broad SMARTS) is 1. The van der Waals surface area contributed by atoms with E-state index in [9.17, 15) is 4.79 Å². The Hall–Kier alpha value is -3.21. The maximum absolute atomic E-state index is 10.9. The van der Waals surface area contributed by atoms with Gasteiger partial charge in [0, 0.05) is 16.3 Å². The van der Waals surface area contributed by atoms with Crippen molar-refractivity contribution in [3.05, 3.63) is 66.5 Å². The predicted molar refractivity (Wildman–Crippen MR) is 87.3 cm³/mol. The number of imidazole rings is 1. The molecule has 2 heterocycles. The number of rotatable bonds is 3. The molecular formula is C18H13N3O2. The van der Waals surface area contributed by atoms with Crippen LogP contribution in [0.2, 0.25) is 0 Å². The van der Waals surface area contributed by atoms with Crippen LogP contribution in [0.5, 0.6) is 0 Å². The Kier molecular flexibility index (Phi) is 3.05. The molecule has 0 saturated carbocycles. The Balaban J connectivity index is 2.04. The lowest BCUT2D eigenvalue weighted by molar-refractivity contribution is -0.136. The molecule has 112 valence electrons. The van der Waals surface area contributed by atoms with E-state index in [1.807, 2.05) is 54.6 Å². The van der Waals surface area contributed by atoms with E-state index in [0.717, 1.165) is 22.0 Å². The summed E-state index contributed by atoms with van der Waals surface area (Å²) in [6, 6.07) is 17.8. The second-order valence-corrected chi connectivity index (χ2v) is 5.33. The van der Waals surface area contributed by atoms with Crippen molar-refractivity contribution in [3.8, 4) is 11.3 Å². The topological polar surface area (TPSA) is 67.5 Å². The first kappa shape index (κ1) is 13.5. The van der Waals surface area contributed by atoms with Gasteiger partial charge in [-0.1, -0.05) is 54.6 Å². The minimum atomic E-state index is -0.902. The van der Waals surface area contributed by atoms with Crippen molar-refractivity contribution in [2.75, 3.05) is 0 Å². The summed E-state index contributed by atoms with van der Waals surface area (Å²) in [4.78, 5) is 15.4. The first-order valence-corrected chi connectivity index (χ1v) is 7.26. The summed E-state index contributed by atoms with van der Waals surface area (Å²) in [5.74, 6) is -0.902. The number of hydrogen-bond donors (Lipinski definition) is 1. The van der Waals surface area contributed by atoms with Gasteiger partial charge in [0.1, 0.15) is 0 Å². The Morgan fingerprint density at radius 1 is 1.00 bits per heavy atom. The molecule has 1 N–H and O–H groups in total. The quantitative estimate of drug-likeness (QED) is 0.631. The fraction of sp³-hybridized carbons (Fsp3) is 0.0556. The minimum absolute atomic E-state index is 0.113. The molecule has 0 aliphatic rings. The lowest BCUT2D eigenvalue weighted by Gasteiger charge is -2.07. The van der Waals surface area contributed by atoms with Crippen LogP contribution in [-0.2, 0) is 11.2 Å². The van der Waals surface area contributed by atoms with Crippen LogP contribution in [0.1, 0.15) is 5.69 Å². The van der Waals surface area contributed by atoms with Crippen molar-refractivity contribution in [2.45, 2.75) is 6.42 Å².